The molecule has 0 aliphatic rings. The zero-order valence-corrected chi connectivity index (χ0v) is 15.8. The number of carboxylic acid groups (broad SMARTS) is 5. The minimum Gasteiger partial charge on any atom is -0.549 e. The molecule has 0 aliphatic heterocycles. The predicted molar refractivity (Wildman–Crippen MR) is 79.6 cm³/mol. The number of rotatable bonds is 16. The summed E-state index contributed by atoms with van der Waals surface area (Å²) >= 11 is 0. The van der Waals surface area contributed by atoms with Crippen molar-refractivity contribution < 1.29 is 66.6 Å². The zero-order chi connectivity index (χ0) is 21.0. The average molecular weight is 446 g/mol. The van der Waals surface area contributed by atoms with Gasteiger partial charge in [0.1, 0.15) is 0 Å². The van der Waals surface area contributed by atoms with Gasteiger partial charge in [-0.25, -0.2) is 0 Å². The largest absolute Gasteiger partial charge is 3.00 e. The third-order valence-electron chi connectivity index (χ3n) is 3.24. The first kappa shape index (κ1) is 28.0. The minimum atomic E-state index is -1.53. The quantitative estimate of drug-likeness (QED) is 0.212. The molecule has 0 heterocycles. The van der Waals surface area contributed by atoms with Crippen LogP contribution in [0.15, 0.2) is 0 Å². The summed E-state index contributed by atoms with van der Waals surface area (Å²) in [5.74, 6) is -7.07. The smallest absolute Gasteiger partial charge is 0.549 e. The molecule has 0 aromatic rings. The Bertz CT molecular complexity index is 487. The van der Waals surface area contributed by atoms with Gasteiger partial charge in [0.25, 0.3) is 0 Å². The van der Waals surface area contributed by atoms with Crippen molar-refractivity contribution in [2.75, 3.05) is 58.9 Å². The van der Waals surface area contributed by atoms with E-state index >= 15 is 0 Å². The molecule has 0 bridgehead atoms. The molecule has 0 amide bonds. The van der Waals surface area contributed by atoms with Crippen LogP contribution < -0.4 is 15.3 Å². The van der Waals surface area contributed by atoms with Gasteiger partial charge in [0, 0.05) is 45.8 Å². The van der Waals surface area contributed by atoms with Crippen molar-refractivity contribution in [1.29, 1.82) is 0 Å². The molecular formula is C14H20FeN3O10. The summed E-state index contributed by atoms with van der Waals surface area (Å²) in [7, 11) is 0. The summed E-state index contributed by atoms with van der Waals surface area (Å²) < 4.78 is 0. The third-order valence-corrected chi connectivity index (χ3v) is 3.24. The van der Waals surface area contributed by atoms with Crippen molar-refractivity contribution in [1.82, 2.24) is 14.7 Å². The van der Waals surface area contributed by atoms with Crippen molar-refractivity contribution in [3.63, 3.8) is 0 Å². The molecule has 13 nitrogen and oxygen atoms in total. The van der Waals surface area contributed by atoms with Crippen LogP contribution in [0.2, 0.25) is 0 Å². The Morgan fingerprint density at radius 1 is 0.536 bits per heavy atom. The van der Waals surface area contributed by atoms with Gasteiger partial charge in [0.05, 0.1) is 31.0 Å². The second-order valence-corrected chi connectivity index (χ2v) is 5.60. The number of hydrogen-bond acceptors (Lipinski definition) is 11. The van der Waals surface area contributed by atoms with E-state index in [4.69, 9.17) is 10.2 Å². The van der Waals surface area contributed by atoms with E-state index in [-0.39, 0.29) is 43.2 Å². The maximum atomic E-state index is 10.9. The molecule has 0 atom stereocenters. The average Bonchev–Trinajstić information content (AvgIpc) is 2.46. The fraction of sp³-hybridized carbons (Fsp3) is 0.643. The van der Waals surface area contributed by atoms with Crippen LogP contribution in [-0.4, -0.2) is 114 Å². The normalized spacial score (nSPS) is 10.7. The second kappa shape index (κ2) is 14.8. The molecule has 0 rings (SSSR count). The Kier molecular flexibility index (Phi) is 14.7. The van der Waals surface area contributed by atoms with Gasteiger partial charge in [0.15, 0.2) is 0 Å². The first-order chi connectivity index (χ1) is 12.5. The fourth-order valence-electron chi connectivity index (χ4n) is 2.19. The van der Waals surface area contributed by atoms with E-state index in [1.165, 1.54) is 4.90 Å². The van der Waals surface area contributed by atoms with Gasteiger partial charge in [-0.15, -0.1) is 0 Å². The summed E-state index contributed by atoms with van der Waals surface area (Å²) in [5.41, 5.74) is 0. The number of carbonyl (C=O) groups is 5. The van der Waals surface area contributed by atoms with Crippen LogP contribution in [0.25, 0.3) is 0 Å². The molecule has 0 aliphatic carbocycles. The van der Waals surface area contributed by atoms with Gasteiger partial charge >= 0.3 is 29.0 Å². The molecule has 0 aromatic carbocycles. The van der Waals surface area contributed by atoms with Gasteiger partial charge in [-0.3, -0.25) is 24.3 Å². The van der Waals surface area contributed by atoms with Crippen LogP contribution in [-0.2, 0) is 41.0 Å². The fourth-order valence-corrected chi connectivity index (χ4v) is 2.19. The molecule has 1 radical (unpaired) electrons. The molecule has 0 fully saturated rings. The van der Waals surface area contributed by atoms with E-state index in [2.05, 4.69) is 0 Å². The maximum Gasteiger partial charge on any atom is 3.00 e. The summed E-state index contributed by atoms with van der Waals surface area (Å²) in [5, 5.41) is 49.6. The van der Waals surface area contributed by atoms with Gasteiger partial charge in [0.2, 0.25) is 0 Å². The SMILES string of the molecule is O=C([O-])CN(CCN(CCN(CC(=O)[O-])CC(=O)O)CC(=O)O)CC(=O)[O-].[Fe+3]. The molecule has 0 spiro atoms. The molecule has 0 saturated carbocycles. The van der Waals surface area contributed by atoms with Crippen molar-refractivity contribution in [3.05, 3.63) is 0 Å². The van der Waals surface area contributed by atoms with Crippen molar-refractivity contribution >= 4 is 29.8 Å². The van der Waals surface area contributed by atoms with Crippen LogP contribution in [0, 0.1) is 0 Å². The second-order valence-electron chi connectivity index (χ2n) is 5.60. The van der Waals surface area contributed by atoms with Gasteiger partial charge < -0.3 is 39.9 Å². The van der Waals surface area contributed by atoms with Crippen LogP contribution in [0.5, 0.6) is 0 Å². The Morgan fingerprint density at radius 2 is 0.786 bits per heavy atom. The summed E-state index contributed by atoms with van der Waals surface area (Å²) in [6, 6.07) is 0. The van der Waals surface area contributed by atoms with Crippen LogP contribution in [0.1, 0.15) is 0 Å². The molecule has 159 valence electrons. The Morgan fingerprint density at radius 3 is 1.07 bits per heavy atom. The first-order valence-corrected chi connectivity index (χ1v) is 7.69. The Balaban J connectivity index is 0. The van der Waals surface area contributed by atoms with Crippen LogP contribution >= 0.6 is 0 Å². The van der Waals surface area contributed by atoms with E-state index in [9.17, 15) is 39.3 Å². The van der Waals surface area contributed by atoms with Crippen molar-refractivity contribution in [2.24, 2.45) is 0 Å². The molecular weight excluding hydrogens is 426 g/mol. The maximum absolute atomic E-state index is 10.9. The van der Waals surface area contributed by atoms with E-state index in [0.717, 1.165) is 9.80 Å². The standard InChI is InChI=1S/C14H23N3O10.Fe/c18-10(19)5-15(1-3-16(6-11(20)21)7-12(22)23)2-4-17(8-13(24)25)9-14(26)27;/h1-9H2,(H,18,19)(H,20,21)(H,22,23)(H,24,25)(H,26,27);/q;+3/p-3. The summed E-state index contributed by atoms with van der Waals surface area (Å²) in [4.78, 5) is 56.9. The van der Waals surface area contributed by atoms with Crippen molar-refractivity contribution in [3.8, 4) is 0 Å². The Labute approximate surface area is 170 Å². The Hall–Kier alpha value is -2.25. The molecule has 14 heteroatoms. The van der Waals surface area contributed by atoms with Gasteiger partial charge in [-0.2, -0.15) is 0 Å². The number of hydrogen-bond donors (Lipinski definition) is 2. The van der Waals surface area contributed by atoms with Crippen LogP contribution in [0.3, 0.4) is 0 Å². The number of nitrogens with zero attached hydrogens (tertiary/aromatic N) is 3. The number of carbonyl (C=O) groups excluding carboxylic acids is 3. The van der Waals surface area contributed by atoms with E-state index in [1.54, 1.807) is 0 Å². The molecule has 28 heavy (non-hydrogen) atoms. The monoisotopic (exact) mass is 446 g/mol. The number of aliphatic carboxylic acids is 5. The minimum absolute atomic E-state index is 0. The van der Waals surface area contributed by atoms with Gasteiger partial charge in [-0.05, 0) is 0 Å². The van der Waals surface area contributed by atoms with Crippen LogP contribution in [0.4, 0.5) is 0 Å². The predicted octanol–water partition coefficient (Wildman–Crippen LogP) is -6.69. The summed E-state index contributed by atoms with van der Waals surface area (Å²) in [6.45, 7) is -3.57. The third kappa shape index (κ3) is 16.0. The molecule has 0 aromatic heterocycles. The summed E-state index contributed by atoms with van der Waals surface area (Å²) in [6.07, 6.45) is 0. The van der Waals surface area contributed by atoms with E-state index in [1.807, 2.05) is 0 Å². The molecule has 0 saturated heterocycles. The first-order valence-electron chi connectivity index (χ1n) is 7.69. The molecule has 2 N–H and O–H groups in total. The van der Waals surface area contributed by atoms with Crippen molar-refractivity contribution in [2.45, 2.75) is 0 Å². The van der Waals surface area contributed by atoms with Gasteiger partial charge in [-0.1, -0.05) is 0 Å². The van der Waals surface area contributed by atoms with E-state index in [0.29, 0.717) is 0 Å². The zero-order valence-electron chi connectivity index (χ0n) is 14.7. The number of carboxylic acids is 5. The topological polar surface area (TPSA) is 205 Å². The van der Waals surface area contributed by atoms with E-state index < -0.39 is 62.6 Å². The molecule has 0 unspecified atom stereocenters.